The Balaban J connectivity index is 3.88. The Morgan fingerprint density at radius 1 is 0.320 bits per heavy atom. The lowest BCUT2D eigenvalue weighted by molar-refractivity contribution is -0.161. The maximum atomic E-state index is 12.8. The summed E-state index contributed by atoms with van der Waals surface area (Å²) in [6, 6.07) is 0. The molecule has 0 aliphatic rings. The van der Waals surface area contributed by atoms with Crippen LogP contribution < -0.4 is 5.73 Å². The van der Waals surface area contributed by atoms with Crippen LogP contribution in [-0.4, -0.2) is 49.3 Å². The highest BCUT2D eigenvalue weighted by molar-refractivity contribution is 7.47. The average molecular weight is 1370 g/mol. The van der Waals surface area contributed by atoms with Crippen molar-refractivity contribution in [2.45, 2.75) is 354 Å². The second-order valence-electron chi connectivity index (χ2n) is 26.2. The lowest BCUT2D eigenvalue weighted by atomic mass is 10.0. The Labute approximate surface area is 598 Å². The second kappa shape index (κ2) is 80.6. The molecule has 97 heavy (non-hydrogen) atoms. The molecule has 0 spiro atoms. The summed E-state index contributed by atoms with van der Waals surface area (Å²) in [4.78, 5) is 35.5. The van der Waals surface area contributed by atoms with E-state index < -0.39 is 26.5 Å². The summed E-state index contributed by atoms with van der Waals surface area (Å²) in [7, 11) is -4.41. The number of phosphoric ester groups is 1. The third kappa shape index (κ3) is 80.5. The molecule has 0 rings (SSSR count). The van der Waals surface area contributed by atoms with Gasteiger partial charge in [-0.25, -0.2) is 4.57 Å². The molecule has 2 atom stereocenters. The third-order valence-corrected chi connectivity index (χ3v) is 17.9. The summed E-state index contributed by atoms with van der Waals surface area (Å²) in [5, 5.41) is 0. The van der Waals surface area contributed by atoms with E-state index >= 15 is 0 Å². The minimum absolute atomic E-state index is 0.0447. The zero-order valence-electron chi connectivity index (χ0n) is 62.5. The van der Waals surface area contributed by atoms with E-state index in [1.807, 2.05) is 0 Å². The highest BCUT2D eigenvalue weighted by Gasteiger charge is 2.26. The van der Waals surface area contributed by atoms with Crippen LogP contribution >= 0.6 is 7.82 Å². The van der Waals surface area contributed by atoms with Gasteiger partial charge in [0.1, 0.15) is 6.61 Å². The number of hydrogen-bond acceptors (Lipinski definition) is 8. The monoisotopic (exact) mass is 1370 g/mol. The highest BCUT2D eigenvalue weighted by Crippen LogP contribution is 2.43. The SMILES string of the molecule is CC/C=C\C/C=C\C/C=C\C/C=C\C/C=C\C/C=C\C/C=C\C/C=C\C/C=C\C/C=C\CCCCCCCCC(=O)OC(COC(=O)CCCCCCCCCCCCCCCCCCCCCCCCCC/C=C\C/C=C\C/C=C\CCCCCCC)COP(=O)(O)OCCN. The van der Waals surface area contributed by atoms with Gasteiger partial charge in [0.15, 0.2) is 6.10 Å². The Morgan fingerprint density at radius 2 is 0.567 bits per heavy atom. The molecular formula is C87H148NO8P. The molecule has 0 aliphatic heterocycles. The van der Waals surface area contributed by atoms with Crippen LogP contribution in [0.1, 0.15) is 348 Å². The maximum Gasteiger partial charge on any atom is 0.472 e. The van der Waals surface area contributed by atoms with Crippen molar-refractivity contribution < 1.29 is 37.6 Å². The fraction of sp³-hybridized carbons (Fsp3) is 0.678. The van der Waals surface area contributed by atoms with Gasteiger partial charge in [0, 0.05) is 19.4 Å². The number of allylic oxidation sites excluding steroid dienone is 26. The van der Waals surface area contributed by atoms with Crippen LogP contribution in [0.4, 0.5) is 0 Å². The number of nitrogens with two attached hydrogens (primary N) is 1. The quantitative estimate of drug-likeness (QED) is 0.0264. The molecule has 9 nitrogen and oxygen atoms in total. The van der Waals surface area contributed by atoms with Crippen LogP contribution in [-0.2, 0) is 32.7 Å². The smallest absolute Gasteiger partial charge is 0.462 e. The number of phosphoric acid groups is 1. The first-order chi connectivity index (χ1) is 47.8. The van der Waals surface area contributed by atoms with Gasteiger partial charge in [-0.05, 0) is 128 Å². The molecule has 554 valence electrons. The van der Waals surface area contributed by atoms with E-state index in [-0.39, 0.29) is 38.6 Å². The molecule has 2 unspecified atom stereocenters. The zero-order chi connectivity index (χ0) is 70.0. The molecule has 10 heteroatoms. The van der Waals surface area contributed by atoms with Crippen molar-refractivity contribution in [2.75, 3.05) is 26.4 Å². The first kappa shape index (κ1) is 92.6. The van der Waals surface area contributed by atoms with E-state index in [9.17, 15) is 19.0 Å². The number of ether oxygens (including phenoxy) is 2. The number of rotatable bonds is 74. The van der Waals surface area contributed by atoms with Crippen molar-refractivity contribution in [3.8, 4) is 0 Å². The van der Waals surface area contributed by atoms with E-state index in [1.54, 1.807) is 0 Å². The van der Waals surface area contributed by atoms with E-state index in [1.165, 1.54) is 180 Å². The molecule has 0 radical (unpaired) electrons. The molecule has 0 aromatic carbocycles. The molecule has 0 aromatic heterocycles. The highest BCUT2D eigenvalue weighted by atomic mass is 31.2. The van der Waals surface area contributed by atoms with Crippen molar-refractivity contribution in [1.82, 2.24) is 0 Å². The molecular weight excluding hydrogens is 1220 g/mol. The summed E-state index contributed by atoms with van der Waals surface area (Å²) >= 11 is 0. The standard InChI is InChI=1S/C87H148NO8P/c1-3-5-7-9-11-13-15-17-19-21-23-25-27-29-31-33-35-37-39-41-42-44-45-47-49-51-53-55-57-59-61-63-65-67-69-71-73-75-77-79-86(89)93-83-85(84-95-97(91,92)94-82-81-88)96-87(90)80-78-76-74-72-70-68-66-64-62-60-58-56-54-52-50-48-46-43-40-38-36-34-32-30-28-26-24-22-20-18-16-14-12-10-8-6-4-2/h6,8,12,14-15,17-18,20-21,23-24,26-27,29-30,32,36,38,43,46,50,52,56,58,62,64,85H,3-5,7,9-11,13,16,19,22,25,28,31,33-35,37,39-42,44-45,47-49,51,53-55,57,59-61,63,65-84,88H2,1-2H3,(H,91,92)/b8-6-,14-12-,17-15-,20-18-,23-21-,26-24-,29-27-,32-30-,38-36-,46-43-,52-50-,58-56-,64-62-. The van der Waals surface area contributed by atoms with Gasteiger partial charge in [-0.15, -0.1) is 0 Å². The van der Waals surface area contributed by atoms with E-state index in [0.29, 0.717) is 6.42 Å². The van der Waals surface area contributed by atoms with Crippen LogP contribution in [0.5, 0.6) is 0 Å². The Kier molecular flexibility index (Phi) is 77.0. The molecule has 0 bridgehead atoms. The first-order valence-corrected chi connectivity index (χ1v) is 41.5. The Hall–Kier alpha value is -4.37. The van der Waals surface area contributed by atoms with Crippen LogP contribution in [0.2, 0.25) is 0 Å². The van der Waals surface area contributed by atoms with Crippen LogP contribution in [0.3, 0.4) is 0 Å². The largest absolute Gasteiger partial charge is 0.472 e. The predicted molar refractivity (Wildman–Crippen MR) is 422 cm³/mol. The summed E-state index contributed by atoms with van der Waals surface area (Å²) < 4.78 is 33.2. The molecule has 0 aliphatic carbocycles. The minimum Gasteiger partial charge on any atom is -0.462 e. The van der Waals surface area contributed by atoms with Crippen LogP contribution in [0, 0.1) is 0 Å². The van der Waals surface area contributed by atoms with Crippen LogP contribution in [0.15, 0.2) is 158 Å². The lowest BCUT2D eigenvalue weighted by Crippen LogP contribution is -2.29. The van der Waals surface area contributed by atoms with E-state index in [2.05, 4.69) is 172 Å². The van der Waals surface area contributed by atoms with Gasteiger partial charge >= 0.3 is 19.8 Å². The third-order valence-electron chi connectivity index (χ3n) is 16.9. The fourth-order valence-electron chi connectivity index (χ4n) is 11.0. The zero-order valence-corrected chi connectivity index (χ0v) is 63.4. The van der Waals surface area contributed by atoms with Gasteiger partial charge in [-0.1, -0.05) is 364 Å². The molecule has 3 N–H and O–H groups in total. The lowest BCUT2D eigenvalue weighted by Gasteiger charge is -2.19. The van der Waals surface area contributed by atoms with Crippen molar-refractivity contribution in [3.63, 3.8) is 0 Å². The topological polar surface area (TPSA) is 134 Å². The van der Waals surface area contributed by atoms with Crippen molar-refractivity contribution in [1.29, 1.82) is 0 Å². The van der Waals surface area contributed by atoms with Gasteiger partial charge < -0.3 is 20.1 Å². The fourth-order valence-corrected chi connectivity index (χ4v) is 11.8. The van der Waals surface area contributed by atoms with Gasteiger partial charge in [0.25, 0.3) is 0 Å². The summed E-state index contributed by atoms with van der Waals surface area (Å²) in [6.45, 7) is 3.62. The average Bonchev–Trinajstić information content (AvgIpc) is 2.17. The summed E-state index contributed by atoms with van der Waals surface area (Å²) in [5.74, 6) is -0.842. The molecule has 0 fully saturated rings. The second-order valence-corrected chi connectivity index (χ2v) is 27.7. The molecule has 0 amide bonds. The predicted octanol–water partition coefficient (Wildman–Crippen LogP) is 27.1. The number of carbonyl (C=O) groups excluding carboxylic acids is 2. The maximum absolute atomic E-state index is 12.8. The van der Waals surface area contributed by atoms with Gasteiger partial charge in [0.2, 0.25) is 0 Å². The Bertz CT molecular complexity index is 2160. The molecule has 0 heterocycles. The molecule has 0 aromatic rings. The van der Waals surface area contributed by atoms with Gasteiger partial charge in [-0.2, -0.15) is 0 Å². The number of unbranched alkanes of at least 4 members (excludes halogenated alkanes) is 35. The Morgan fingerprint density at radius 3 is 0.845 bits per heavy atom. The van der Waals surface area contributed by atoms with Crippen LogP contribution in [0.25, 0.3) is 0 Å². The van der Waals surface area contributed by atoms with E-state index in [4.69, 9.17) is 24.3 Å². The summed E-state index contributed by atoms with van der Waals surface area (Å²) in [5.41, 5.74) is 5.41. The number of carbonyl (C=O) groups is 2. The first-order valence-electron chi connectivity index (χ1n) is 40.0. The molecule has 0 saturated carbocycles. The number of esters is 2. The van der Waals surface area contributed by atoms with Gasteiger partial charge in [-0.3, -0.25) is 18.6 Å². The normalized spacial score (nSPS) is 13.7. The van der Waals surface area contributed by atoms with Crippen molar-refractivity contribution in [2.24, 2.45) is 5.73 Å². The van der Waals surface area contributed by atoms with Crippen molar-refractivity contribution in [3.05, 3.63) is 158 Å². The summed E-state index contributed by atoms with van der Waals surface area (Å²) in [6.07, 6.45) is 118. The van der Waals surface area contributed by atoms with Gasteiger partial charge in [0.05, 0.1) is 13.2 Å². The number of hydrogen-bond donors (Lipinski definition) is 2. The van der Waals surface area contributed by atoms with E-state index in [0.717, 1.165) is 135 Å². The molecule has 0 saturated heterocycles. The minimum atomic E-state index is -4.41. The van der Waals surface area contributed by atoms with Crippen molar-refractivity contribution >= 4 is 19.8 Å².